The molecule has 4 nitrogen and oxygen atoms in total. The van der Waals surface area contributed by atoms with Gasteiger partial charge >= 0.3 is 5.97 Å². The molecule has 0 radical (unpaired) electrons. The number of nitrogens with one attached hydrogen (secondary N) is 1. The van der Waals surface area contributed by atoms with E-state index >= 15 is 0 Å². The van der Waals surface area contributed by atoms with Gasteiger partial charge in [0.2, 0.25) is 0 Å². The summed E-state index contributed by atoms with van der Waals surface area (Å²) in [5, 5.41) is 3.49. The van der Waals surface area contributed by atoms with Crippen LogP contribution in [0.4, 0.5) is 0 Å². The number of esters is 1. The van der Waals surface area contributed by atoms with Crippen LogP contribution < -0.4 is 5.32 Å². The molecule has 1 N–H and O–H groups in total. The van der Waals surface area contributed by atoms with Crippen molar-refractivity contribution in [1.29, 1.82) is 0 Å². The number of rotatable bonds is 6. The van der Waals surface area contributed by atoms with Crippen molar-refractivity contribution < 1.29 is 9.53 Å². The first-order valence-corrected chi connectivity index (χ1v) is 8.69. The second-order valence-electron chi connectivity index (χ2n) is 7.06. The van der Waals surface area contributed by atoms with Gasteiger partial charge in [-0.15, -0.1) is 12.4 Å². The average Bonchev–Trinajstić information content (AvgIpc) is 2.92. The Kier molecular flexibility index (Phi) is 8.15. The predicted molar refractivity (Wildman–Crippen MR) is 92.5 cm³/mol. The molecule has 0 aromatic heterocycles. The van der Waals surface area contributed by atoms with E-state index in [4.69, 9.17) is 4.74 Å². The zero-order chi connectivity index (χ0) is 15.3. The van der Waals surface area contributed by atoms with Crippen LogP contribution in [0.2, 0.25) is 0 Å². The lowest BCUT2D eigenvalue weighted by Crippen LogP contribution is -2.45. The number of halogens is 1. The zero-order valence-corrected chi connectivity index (χ0v) is 15.2. The molecule has 22 heavy (non-hydrogen) atoms. The topological polar surface area (TPSA) is 41.6 Å². The van der Waals surface area contributed by atoms with Gasteiger partial charge in [0.1, 0.15) is 0 Å². The zero-order valence-electron chi connectivity index (χ0n) is 14.4. The van der Waals surface area contributed by atoms with Gasteiger partial charge in [-0.25, -0.2) is 0 Å². The monoisotopic (exact) mass is 332 g/mol. The minimum atomic E-state index is 0. The Labute approximate surface area is 141 Å². The molecule has 130 valence electrons. The van der Waals surface area contributed by atoms with E-state index in [9.17, 15) is 4.79 Å². The van der Waals surface area contributed by atoms with Crippen molar-refractivity contribution in [2.75, 3.05) is 32.8 Å². The lowest BCUT2D eigenvalue weighted by Gasteiger charge is -2.39. The van der Waals surface area contributed by atoms with Gasteiger partial charge in [0.15, 0.2) is 0 Å². The third-order valence-corrected chi connectivity index (χ3v) is 5.28. The summed E-state index contributed by atoms with van der Waals surface area (Å²) in [6.07, 6.45) is 5.55. The molecule has 1 saturated carbocycles. The summed E-state index contributed by atoms with van der Waals surface area (Å²) in [4.78, 5) is 14.5. The van der Waals surface area contributed by atoms with E-state index in [1.165, 1.54) is 13.0 Å². The Morgan fingerprint density at radius 3 is 2.45 bits per heavy atom. The van der Waals surface area contributed by atoms with Crippen molar-refractivity contribution in [3.63, 3.8) is 0 Å². The molecule has 0 amide bonds. The minimum absolute atomic E-state index is 0. The second kappa shape index (κ2) is 9.09. The molecule has 1 saturated heterocycles. The standard InChI is InChI=1S/C17H32N2O2.ClH/c1-4-19(13-17(3)10-11-18-12-17)15-8-6-14(7-9-15)16(20)21-5-2;/h14-15,18H,4-13H2,1-3H3;1H. The van der Waals surface area contributed by atoms with Gasteiger partial charge in [-0.1, -0.05) is 13.8 Å². The fourth-order valence-electron chi connectivity index (χ4n) is 3.93. The molecular formula is C17H33ClN2O2. The smallest absolute Gasteiger partial charge is 0.308 e. The van der Waals surface area contributed by atoms with Gasteiger partial charge in [-0.2, -0.15) is 0 Å². The maximum atomic E-state index is 11.8. The summed E-state index contributed by atoms with van der Waals surface area (Å²) < 4.78 is 5.17. The van der Waals surface area contributed by atoms with E-state index in [2.05, 4.69) is 24.1 Å². The van der Waals surface area contributed by atoms with Crippen LogP contribution in [-0.4, -0.2) is 49.7 Å². The normalized spacial score (nSPS) is 31.8. The molecule has 0 bridgehead atoms. The third-order valence-electron chi connectivity index (χ3n) is 5.28. The predicted octanol–water partition coefficient (Wildman–Crippen LogP) is 2.85. The first-order valence-electron chi connectivity index (χ1n) is 8.69. The SMILES string of the molecule is CCOC(=O)C1CCC(N(CC)CC2(C)CCNC2)CC1.Cl. The highest BCUT2D eigenvalue weighted by molar-refractivity contribution is 5.85. The number of carbonyl (C=O) groups is 1. The molecule has 0 aromatic carbocycles. The van der Waals surface area contributed by atoms with E-state index in [1.54, 1.807) is 0 Å². The first kappa shape index (κ1) is 19.7. The van der Waals surface area contributed by atoms with Crippen molar-refractivity contribution in [2.24, 2.45) is 11.3 Å². The second-order valence-corrected chi connectivity index (χ2v) is 7.06. The third kappa shape index (κ3) is 5.10. The summed E-state index contributed by atoms with van der Waals surface area (Å²) in [6.45, 7) is 11.7. The van der Waals surface area contributed by atoms with Crippen LogP contribution >= 0.6 is 12.4 Å². The van der Waals surface area contributed by atoms with Crippen molar-refractivity contribution in [2.45, 2.75) is 58.9 Å². The molecule has 5 heteroatoms. The fourth-order valence-corrected chi connectivity index (χ4v) is 3.93. The van der Waals surface area contributed by atoms with Gasteiger partial charge in [0.25, 0.3) is 0 Å². The largest absolute Gasteiger partial charge is 0.466 e. The van der Waals surface area contributed by atoms with Crippen LogP contribution in [-0.2, 0) is 9.53 Å². The number of hydrogen-bond donors (Lipinski definition) is 1. The molecule has 1 aliphatic heterocycles. The summed E-state index contributed by atoms with van der Waals surface area (Å²) in [6, 6.07) is 0.651. The number of hydrogen-bond acceptors (Lipinski definition) is 4. The molecule has 2 aliphatic rings. The van der Waals surface area contributed by atoms with Crippen LogP contribution in [0.1, 0.15) is 52.9 Å². The number of carbonyl (C=O) groups excluding carboxylic acids is 1. The van der Waals surface area contributed by atoms with Gasteiger partial charge in [0, 0.05) is 19.1 Å². The highest BCUT2D eigenvalue weighted by Crippen LogP contribution is 2.32. The van der Waals surface area contributed by atoms with E-state index in [0.29, 0.717) is 18.1 Å². The van der Waals surface area contributed by atoms with Crippen LogP contribution in [0.25, 0.3) is 0 Å². The number of nitrogens with zero attached hydrogens (tertiary/aromatic N) is 1. The minimum Gasteiger partial charge on any atom is -0.466 e. The van der Waals surface area contributed by atoms with Crippen molar-refractivity contribution in [3.05, 3.63) is 0 Å². The highest BCUT2D eigenvalue weighted by atomic mass is 35.5. The molecule has 1 unspecified atom stereocenters. The van der Waals surface area contributed by atoms with E-state index < -0.39 is 0 Å². The Balaban J connectivity index is 0.00000242. The lowest BCUT2D eigenvalue weighted by atomic mass is 9.83. The number of ether oxygens (including phenoxy) is 1. The molecule has 0 aromatic rings. The molecule has 0 spiro atoms. The Bertz CT molecular complexity index is 338. The summed E-state index contributed by atoms with van der Waals surface area (Å²) in [7, 11) is 0. The summed E-state index contributed by atoms with van der Waals surface area (Å²) >= 11 is 0. The highest BCUT2D eigenvalue weighted by Gasteiger charge is 2.35. The maximum absolute atomic E-state index is 11.8. The van der Waals surface area contributed by atoms with E-state index in [0.717, 1.165) is 45.3 Å². The maximum Gasteiger partial charge on any atom is 0.308 e. The average molecular weight is 333 g/mol. The van der Waals surface area contributed by atoms with E-state index in [1.807, 2.05) is 6.92 Å². The van der Waals surface area contributed by atoms with Crippen LogP contribution in [0.5, 0.6) is 0 Å². The molecular weight excluding hydrogens is 300 g/mol. The van der Waals surface area contributed by atoms with Crippen LogP contribution in [0.15, 0.2) is 0 Å². The van der Waals surface area contributed by atoms with E-state index in [-0.39, 0.29) is 24.3 Å². The van der Waals surface area contributed by atoms with Gasteiger partial charge in [-0.05, 0) is 57.5 Å². The van der Waals surface area contributed by atoms with Gasteiger partial charge in [0.05, 0.1) is 12.5 Å². The van der Waals surface area contributed by atoms with Gasteiger partial charge < -0.3 is 15.0 Å². The van der Waals surface area contributed by atoms with Crippen molar-refractivity contribution >= 4 is 18.4 Å². The first-order chi connectivity index (χ1) is 10.1. The lowest BCUT2D eigenvalue weighted by molar-refractivity contribution is -0.149. The molecule has 2 rings (SSSR count). The quantitative estimate of drug-likeness (QED) is 0.759. The summed E-state index contributed by atoms with van der Waals surface area (Å²) in [5.74, 6) is 0.162. The molecule has 1 aliphatic carbocycles. The van der Waals surface area contributed by atoms with Gasteiger partial charge in [-0.3, -0.25) is 4.79 Å². The van der Waals surface area contributed by atoms with Crippen molar-refractivity contribution in [1.82, 2.24) is 10.2 Å². The molecule has 1 atom stereocenters. The van der Waals surface area contributed by atoms with Crippen LogP contribution in [0, 0.1) is 11.3 Å². The van der Waals surface area contributed by atoms with Crippen LogP contribution in [0.3, 0.4) is 0 Å². The Hall–Kier alpha value is -0.320. The molecule has 1 heterocycles. The summed E-state index contributed by atoms with van der Waals surface area (Å²) in [5.41, 5.74) is 0.425. The van der Waals surface area contributed by atoms with Crippen molar-refractivity contribution in [3.8, 4) is 0 Å². The Morgan fingerprint density at radius 2 is 1.95 bits per heavy atom. The fraction of sp³-hybridized carbons (Fsp3) is 0.941. The Morgan fingerprint density at radius 1 is 1.27 bits per heavy atom. The molecule has 2 fully saturated rings.